The van der Waals surface area contributed by atoms with Crippen LogP contribution in [-0.4, -0.2) is 28.2 Å². The van der Waals surface area contributed by atoms with E-state index in [1.54, 1.807) is 18.7 Å². The number of ketones is 1. The van der Waals surface area contributed by atoms with Crippen LogP contribution in [-0.2, 0) is 9.59 Å². The molecule has 5 heteroatoms. The summed E-state index contributed by atoms with van der Waals surface area (Å²) in [6.07, 6.45) is 0.781. The fourth-order valence-electron chi connectivity index (χ4n) is 2.63. The number of carbonyl (C=O) groups is 2. The van der Waals surface area contributed by atoms with Crippen LogP contribution in [0.15, 0.2) is 22.8 Å². The maximum atomic E-state index is 12.5. The van der Waals surface area contributed by atoms with Crippen LogP contribution in [0.5, 0.6) is 0 Å². The number of aliphatic hydroxyl groups excluding tert-OH is 1. The highest BCUT2D eigenvalue weighted by atomic mass is 32.1. The molecule has 0 aromatic carbocycles. The predicted molar refractivity (Wildman–Crippen MR) is 83.3 cm³/mol. The number of rotatable bonds is 5. The Hall–Kier alpha value is -1.62. The lowest BCUT2D eigenvalue weighted by Gasteiger charge is -2.26. The van der Waals surface area contributed by atoms with Gasteiger partial charge in [0, 0.05) is 17.3 Å². The lowest BCUT2D eigenvalue weighted by Crippen LogP contribution is -2.32. The predicted octanol–water partition coefficient (Wildman–Crippen LogP) is 3.39. The van der Waals surface area contributed by atoms with Crippen molar-refractivity contribution >= 4 is 23.0 Å². The van der Waals surface area contributed by atoms with Gasteiger partial charge in [-0.05, 0) is 30.4 Å². The Morgan fingerprint density at radius 2 is 2.14 bits per heavy atom. The van der Waals surface area contributed by atoms with Gasteiger partial charge < -0.3 is 10.0 Å². The fraction of sp³-hybridized carbons (Fsp3) is 0.500. The summed E-state index contributed by atoms with van der Waals surface area (Å²) in [6, 6.07) is 1.54. The Kier molecular flexibility index (Phi) is 4.52. The second-order valence-corrected chi connectivity index (χ2v) is 6.60. The molecule has 1 amide bonds. The summed E-state index contributed by atoms with van der Waals surface area (Å²) in [4.78, 5) is 27.4. The molecule has 1 aromatic rings. The van der Waals surface area contributed by atoms with Gasteiger partial charge in [0.25, 0.3) is 5.91 Å². The van der Waals surface area contributed by atoms with E-state index in [4.69, 9.17) is 0 Å². The molecule has 1 aliphatic rings. The topological polar surface area (TPSA) is 57.6 Å². The molecule has 0 spiro atoms. The maximum Gasteiger partial charge on any atom is 0.290 e. The molecule has 0 saturated carbocycles. The number of aryl methyl sites for hydroxylation is 1. The van der Waals surface area contributed by atoms with E-state index in [2.05, 4.69) is 0 Å². The maximum absolute atomic E-state index is 12.5. The van der Waals surface area contributed by atoms with E-state index in [0.717, 1.165) is 16.9 Å². The highest BCUT2D eigenvalue weighted by molar-refractivity contribution is 7.10. The summed E-state index contributed by atoms with van der Waals surface area (Å²) in [5, 5.41) is 12.2. The molecule has 1 unspecified atom stereocenters. The number of carbonyl (C=O) groups excluding carboxylic acids is 2. The van der Waals surface area contributed by atoms with Crippen molar-refractivity contribution < 1.29 is 14.7 Å². The average Bonchev–Trinajstić information content (AvgIpc) is 2.95. The van der Waals surface area contributed by atoms with E-state index < -0.39 is 11.9 Å². The second kappa shape index (κ2) is 6.02. The van der Waals surface area contributed by atoms with Gasteiger partial charge in [-0.2, -0.15) is 0 Å². The van der Waals surface area contributed by atoms with Gasteiger partial charge >= 0.3 is 0 Å². The normalized spacial score (nSPS) is 19.0. The molecule has 114 valence electrons. The van der Waals surface area contributed by atoms with Gasteiger partial charge in [-0.1, -0.05) is 20.8 Å². The zero-order valence-corrected chi connectivity index (χ0v) is 13.7. The van der Waals surface area contributed by atoms with Crippen LogP contribution in [0, 0.1) is 12.8 Å². The summed E-state index contributed by atoms with van der Waals surface area (Å²) < 4.78 is 0. The first-order valence-electron chi connectivity index (χ1n) is 7.22. The van der Waals surface area contributed by atoms with E-state index in [-0.39, 0.29) is 23.0 Å². The third kappa shape index (κ3) is 2.62. The van der Waals surface area contributed by atoms with Crippen LogP contribution in [0.25, 0.3) is 0 Å². The first-order chi connectivity index (χ1) is 9.90. The van der Waals surface area contributed by atoms with Crippen molar-refractivity contribution in [1.29, 1.82) is 0 Å². The van der Waals surface area contributed by atoms with Crippen LogP contribution in [0.4, 0.5) is 0 Å². The van der Waals surface area contributed by atoms with Crippen LogP contribution in [0.3, 0.4) is 0 Å². The summed E-state index contributed by atoms with van der Waals surface area (Å²) in [5.41, 5.74) is 1.30. The van der Waals surface area contributed by atoms with Crippen LogP contribution >= 0.6 is 11.3 Å². The van der Waals surface area contributed by atoms with Gasteiger partial charge in [0.1, 0.15) is 0 Å². The smallest absolute Gasteiger partial charge is 0.290 e. The molecule has 2 rings (SSSR count). The summed E-state index contributed by atoms with van der Waals surface area (Å²) >= 11 is 1.52. The third-order valence-corrected chi connectivity index (χ3v) is 4.78. The monoisotopic (exact) mass is 307 g/mol. The third-order valence-electron chi connectivity index (χ3n) is 3.71. The minimum atomic E-state index is -0.438. The summed E-state index contributed by atoms with van der Waals surface area (Å²) in [7, 11) is 0. The Morgan fingerprint density at radius 3 is 2.62 bits per heavy atom. The van der Waals surface area contributed by atoms with E-state index in [1.165, 1.54) is 11.3 Å². The molecular weight excluding hydrogens is 286 g/mol. The molecular formula is C16H21NO3S. The zero-order valence-electron chi connectivity index (χ0n) is 12.8. The molecule has 0 saturated heterocycles. The van der Waals surface area contributed by atoms with Crippen molar-refractivity contribution in [2.75, 3.05) is 6.54 Å². The van der Waals surface area contributed by atoms with Crippen LogP contribution in [0.1, 0.15) is 43.7 Å². The van der Waals surface area contributed by atoms with E-state index in [0.29, 0.717) is 6.54 Å². The van der Waals surface area contributed by atoms with E-state index in [9.17, 15) is 14.7 Å². The first-order valence-corrected chi connectivity index (χ1v) is 8.10. The SMILES string of the molecule is CCCN1C(=O)C(O)=C(C(=O)C(C)C)C1c1sccc1C. The minimum absolute atomic E-state index is 0.155. The second-order valence-electron chi connectivity index (χ2n) is 5.65. The molecule has 21 heavy (non-hydrogen) atoms. The molecule has 1 N–H and O–H groups in total. The van der Waals surface area contributed by atoms with Gasteiger partial charge in [0.15, 0.2) is 11.5 Å². The van der Waals surface area contributed by atoms with Crippen LogP contribution < -0.4 is 0 Å². The van der Waals surface area contributed by atoms with E-state index in [1.807, 2.05) is 25.3 Å². The molecule has 0 aliphatic carbocycles. The molecule has 1 aliphatic heterocycles. The highest BCUT2D eigenvalue weighted by Gasteiger charge is 2.44. The molecule has 4 nitrogen and oxygen atoms in total. The van der Waals surface area contributed by atoms with Crippen molar-refractivity contribution in [3.63, 3.8) is 0 Å². The average molecular weight is 307 g/mol. The number of nitrogens with zero attached hydrogens (tertiary/aromatic N) is 1. The van der Waals surface area contributed by atoms with Gasteiger partial charge in [0.05, 0.1) is 11.6 Å². The number of thiophene rings is 1. The number of hydrogen-bond donors (Lipinski definition) is 1. The standard InChI is InChI=1S/C16H21NO3S/c1-5-7-17-12(15-10(4)6-8-21-15)11(13(18)9(2)3)14(19)16(17)20/h6,8-9,12,19H,5,7H2,1-4H3. The molecule has 0 fully saturated rings. The van der Waals surface area contributed by atoms with Crippen molar-refractivity contribution in [1.82, 2.24) is 4.90 Å². The largest absolute Gasteiger partial charge is 0.503 e. The number of hydrogen-bond acceptors (Lipinski definition) is 4. The minimum Gasteiger partial charge on any atom is -0.503 e. The Labute approximate surface area is 129 Å². The summed E-state index contributed by atoms with van der Waals surface area (Å²) in [6.45, 7) is 8.04. The Bertz CT molecular complexity index is 600. The quantitative estimate of drug-likeness (QED) is 0.907. The van der Waals surface area contributed by atoms with Gasteiger partial charge in [-0.25, -0.2) is 0 Å². The highest BCUT2D eigenvalue weighted by Crippen LogP contribution is 2.42. The van der Waals surface area contributed by atoms with Gasteiger partial charge in [-0.15, -0.1) is 11.3 Å². The van der Waals surface area contributed by atoms with E-state index >= 15 is 0 Å². The van der Waals surface area contributed by atoms with Crippen molar-refractivity contribution in [3.05, 3.63) is 33.2 Å². The van der Waals surface area contributed by atoms with Crippen molar-refractivity contribution in [3.8, 4) is 0 Å². The van der Waals surface area contributed by atoms with Crippen molar-refractivity contribution in [2.45, 2.75) is 40.2 Å². The Morgan fingerprint density at radius 1 is 1.48 bits per heavy atom. The first kappa shape index (κ1) is 15.8. The van der Waals surface area contributed by atoms with Gasteiger partial charge in [0.2, 0.25) is 0 Å². The molecule has 1 atom stereocenters. The Balaban J connectivity index is 2.55. The lowest BCUT2D eigenvalue weighted by atomic mass is 9.93. The zero-order chi connectivity index (χ0) is 15.7. The van der Waals surface area contributed by atoms with Gasteiger partial charge in [-0.3, -0.25) is 9.59 Å². The number of Topliss-reactive ketones (excluding diaryl/α,β-unsaturated/α-hetero) is 1. The van der Waals surface area contributed by atoms with Crippen molar-refractivity contribution in [2.24, 2.45) is 5.92 Å². The molecule has 2 heterocycles. The number of aliphatic hydroxyl groups is 1. The number of amides is 1. The fourth-order valence-corrected chi connectivity index (χ4v) is 3.67. The molecule has 0 radical (unpaired) electrons. The summed E-state index contributed by atoms with van der Waals surface area (Å²) in [5.74, 6) is -1.21. The molecule has 1 aromatic heterocycles. The molecule has 0 bridgehead atoms. The lowest BCUT2D eigenvalue weighted by molar-refractivity contribution is -0.129. The van der Waals surface area contributed by atoms with Crippen LogP contribution in [0.2, 0.25) is 0 Å².